The molecule has 1 aromatic carbocycles. The average molecular weight is 380 g/mol. The number of rotatable bonds is 2. The van der Waals surface area contributed by atoms with E-state index in [1.807, 2.05) is 42.7 Å². The lowest BCUT2D eigenvalue weighted by molar-refractivity contribution is 0.0608. The molecule has 0 aliphatic carbocycles. The Labute approximate surface area is 158 Å². The zero-order chi connectivity index (χ0) is 18.5. The summed E-state index contributed by atoms with van der Waals surface area (Å²) in [7, 11) is 0. The van der Waals surface area contributed by atoms with Crippen molar-refractivity contribution in [3.05, 3.63) is 47.7 Å². The molecular weight excluding hydrogens is 364 g/mol. The maximum absolute atomic E-state index is 13.0. The number of amides is 1. The monoisotopic (exact) mass is 380 g/mol. The number of nitrogens with zero attached hydrogens (tertiary/aromatic N) is 6. The Kier molecular flexibility index (Phi) is 3.57. The number of hydrogen-bond donors (Lipinski definition) is 0. The summed E-state index contributed by atoms with van der Waals surface area (Å²) in [5, 5.41) is 10.3. The van der Waals surface area contributed by atoms with E-state index in [0.717, 1.165) is 22.0 Å². The van der Waals surface area contributed by atoms with E-state index in [1.54, 1.807) is 11.0 Å². The van der Waals surface area contributed by atoms with Crippen molar-refractivity contribution in [1.82, 2.24) is 29.0 Å². The van der Waals surface area contributed by atoms with Crippen LogP contribution in [0.1, 0.15) is 35.2 Å². The summed E-state index contributed by atoms with van der Waals surface area (Å²) in [5.74, 6) is 2.38. The lowest BCUT2D eigenvalue weighted by Gasteiger charge is -2.32. The fraction of sp³-hybridized carbons (Fsp3) is 0.278. The highest BCUT2D eigenvalue weighted by atomic mass is 32.1. The number of aryl methyl sites for hydroxylation is 1. The number of hydrogen-bond acceptors (Lipinski definition) is 7. The number of aromatic nitrogens is 5. The van der Waals surface area contributed by atoms with Gasteiger partial charge < -0.3 is 13.9 Å². The van der Waals surface area contributed by atoms with Gasteiger partial charge in [0.25, 0.3) is 5.91 Å². The standard InChI is InChI=1S/C18H16N6O2S/c1-10-15-20-21-16(17-19-11(2)22-27-17)24(15)8-7-23(10)18(25)14-9-12-5-3-4-6-13(12)26-14/h3-6,9-10H,7-8H2,1-2H3/t10-/m1/s1. The largest absolute Gasteiger partial charge is 0.451 e. The first-order valence-corrected chi connectivity index (χ1v) is 9.42. The second-order valence-electron chi connectivity index (χ2n) is 6.50. The third kappa shape index (κ3) is 2.54. The Balaban J connectivity index is 1.47. The highest BCUT2D eigenvalue weighted by Crippen LogP contribution is 2.31. The number of fused-ring (bicyclic) bond motifs is 2. The molecule has 0 saturated carbocycles. The van der Waals surface area contributed by atoms with E-state index in [0.29, 0.717) is 30.3 Å². The third-order valence-electron chi connectivity index (χ3n) is 4.80. The quantitative estimate of drug-likeness (QED) is 0.531. The van der Waals surface area contributed by atoms with Crippen LogP contribution in [0.3, 0.4) is 0 Å². The van der Waals surface area contributed by atoms with Crippen LogP contribution < -0.4 is 0 Å². The Morgan fingerprint density at radius 3 is 2.89 bits per heavy atom. The molecule has 0 spiro atoms. The summed E-state index contributed by atoms with van der Waals surface area (Å²) in [4.78, 5) is 19.2. The number of carbonyl (C=O) groups excluding carboxylic acids is 1. The van der Waals surface area contributed by atoms with Crippen molar-refractivity contribution < 1.29 is 9.21 Å². The Morgan fingerprint density at radius 2 is 2.11 bits per heavy atom. The molecule has 3 aromatic heterocycles. The first kappa shape index (κ1) is 16.1. The molecule has 0 radical (unpaired) electrons. The van der Waals surface area contributed by atoms with Crippen molar-refractivity contribution >= 4 is 28.4 Å². The molecule has 8 nitrogen and oxygen atoms in total. The molecule has 4 heterocycles. The minimum Gasteiger partial charge on any atom is -0.451 e. The summed E-state index contributed by atoms with van der Waals surface area (Å²) in [6.45, 7) is 4.96. The van der Waals surface area contributed by atoms with Crippen molar-refractivity contribution in [3.63, 3.8) is 0 Å². The van der Waals surface area contributed by atoms with Crippen LogP contribution >= 0.6 is 11.5 Å². The van der Waals surface area contributed by atoms with Crippen molar-refractivity contribution in [2.75, 3.05) is 6.54 Å². The second-order valence-corrected chi connectivity index (χ2v) is 7.26. The SMILES string of the molecule is Cc1nsc(-c2nnc3n2CCN(C(=O)c2cc4ccccc4o2)[C@@H]3C)n1. The van der Waals surface area contributed by atoms with Gasteiger partial charge in [0, 0.05) is 18.5 Å². The summed E-state index contributed by atoms with van der Waals surface area (Å²) in [6, 6.07) is 9.19. The molecule has 0 saturated heterocycles. The van der Waals surface area contributed by atoms with Crippen molar-refractivity contribution in [1.29, 1.82) is 0 Å². The van der Waals surface area contributed by atoms with E-state index in [1.165, 1.54) is 11.5 Å². The summed E-state index contributed by atoms with van der Waals surface area (Å²) in [6.07, 6.45) is 0. The van der Waals surface area contributed by atoms with E-state index in [9.17, 15) is 4.79 Å². The van der Waals surface area contributed by atoms with E-state index in [2.05, 4.69) is 19.6 Å². The first-order chi connectivity index (χ1) is 13.1. The highest BCUT2D eigenvalue weighted by molar-refractivity contribution is 7.09. The summed E-state index contributed by atoms with van der Waals surface area (Å²) < 4.78 is 12.0. The molecular formula is C18H16N6O2S. The van der Waals surface area contributed by atoms with E-state index >= 15 is 0 Å². The van der Waals surface area contributed by atoms with Crippen LogP contribution in [0.25, 0.3) is 21.8 Å². The van der Waals surface area contributed by atoms with Gasteiger partial charge in [-0.2, -0.15) is 4.37 Å². The van der Waals surface area contributed by atoms with Gasteiger partial charge >= 0.3 is 0 Å². The third-order valence-corrected chi connectivity index (χ3v) is 5.60. The molecule has 0 fully saturated rings. The Morgan fingerprint density at radius 1 is 1.26 bits per heavy atom. The molecule has 9 heteroatoms. The number of furan rings is 1. The van der Waals surface area contributed by atoms with Gasteiger partial charge in [-0.15, -0.1) is 10.2 Å². The zero-order valence-electron chi connectivity index (χ0n) is 14.8. The summed E-state index contributed by atoms with van der Waals surface area (Å²) in [5.41, 5.74) is 0.711. The number of carbonyl (C=O) groups is 1. The predicted molar refractivity (Wildman–Crippen MR) is 99.3 cm³/mol. The van der Waals surface area contributed by atoms with Gasteiger partial charge in [-0.1, -0.05) is 18.2 Å². The minimum absolute atomic E-state index is 0.138. The molecule has 1 aliphatic heterocycles. The lowest BCUT2D eigenvalue weighted by atomic mass is 10.2. The summed E-state index contributed by atoms with van der Waals surface area (Å²) >= 11 is 1.31. The van der Waals surface area contributed by atoms with Gasteiger partial charge in [-0.3, -0.25) is 4.79 Å². The van der Waals surface area contributed by atoms with Crippen molar-refractivity contribution in [2.24, 2.45) is 0 Å². The van der Waals surface area contributed by atoms with E-state index in [4.69, 9.17) is 4.42 Å². The minimum atomic E-state index is -0.213. The maximum Gasteiger partial charge on any atom is 0.290 e. The molecule has 5 rings (SSSR count). The Hall–Kier alpha value is -3.07. The number of benzene rings is 1. The van der Waals surface area contributed by atoms with Crippen LogP contribution in [-0.2, 0) is 6.54 Å². The van der Waals surface area contributed by atoms with Gasteiger partial charge in [-0.25, -0.2) is 4.98 Å². The van der Waals surface area contributed by atoms with Gasteiger partial charge in [0.05, 0.1) is 6.04 Å². The van der Waals surface area contributed by atoms with Crippen molar-refractivity contribution in [2.45, 2.75) is 26.4 Å². The fourth-order valence-corrected chi connectivity index (χ4v) is 4.10. The lowest BCUT2D eigenvalue weighted by Crippen LogP contribution is -2.41. The van der Waals surface area contributed by atoms with Gasteiger partial charge in [-0.05, 0) is 37.5 Å². The first-order valence-electron chi connectivity index (χ1n) is 8.65. The Bertz CT molecular complexity index is 1130. The van der Waals surface area contributed by atoms with Crippen LogP contribution in [-0.4, -0.2) is 41.5 Å². The molecule has 1 amide bonds. The molecule has 0 bridgehead atoms. The topological polar surface area (TPSA) is 89.9 Å². The van der Waals surface area contributed by atoms with Crippen molar-refractivity contribution in [3.8, 4) is 10.8 Å². The van der Waals surface area contributed by atoms with Crippen LogP contribution in [0, 0.1) is 6.92 Å². The van der Waals surface area contributed by atoms with Crippen LogP contribution in [0.15, 0.2) is 34.7 Å². The van der Waals surface area contributed by atoms with E-state index < -0.39 is 0 Å². The molecule has 136 valence electrons. The van der Waals surface area contributed by atoms with E-state index in [-0.39, 0.29) is 11.9 Å². The molecule has 0 unspecified atom stereocenters. The van der Waals surface area contributed by atoms with Gasteiger partial charge in [0.1, 0.15) is 11.4 Å². The second kappa shape index (κ2) is 5.98. The molecule has 27 heavy (non-hydrogen) atoms. The smallest absolute Gasteiger partial charge is 0.290 e. The molecule has 1 aliphatic rings. The molecule has 1 atom stereocenters. The fourth-order valence-electron chi connectivity index (χ4n) is 3.44. The molecule has 0 N–H and O–H groups in total. The van der Waals surface area contributed by atoms with Gasteiger partial charge in [0.15, 0.2) is 22.4 Å². The molecule has 4 aromatic rings. The maximum atomic E-state index is 13.0. The van der Waals surface area contributed by atoms with Crippen LogP contribution in [0.2, 0.25) is 0 Å². The van der Waals surface area contributed by atoms with Gasteiger partial charge in [0.2, 0.25) is 0 Å². The highest BCUT2D eigenvalue weighted by Gasteiger charge is 2.33. The average Bonchev–Trinajstić information content (AvgIpc) is 3.38. The normalized spacial score (nSPS) is 16.7. The van der Waals surface area contributed by atoms with Crippen LogP contribution in [0.5, 0.6) is 0 Å². The zero-order valence-corrected chi connectivity index (χ0v) is 15.6. The van der Waals surface area contributed by atoms with Crippen LogP contribution in [0.4, 0.5) is 0 Å². The predicted octanol–water partition coefficient (Wildman–Crippen LogP) is 3.07. The number of para-hydroxylation sites is 1.